The van der Waals surface area contributed by atoms with Crippen molar-refractivity contribution in [1.82, 2.24) is 4.98 Å². The fourth-order valence-corrected chi connectivity index (χ4v) is 1.69. The van der Waals surface area contributed by atoms with Crippen LogP contribution in [0.1, 0.15) is 17.7 Å². The van der Waals surface area contributed by atoms with Gasteiger partial charge in [0.15, 0.2) is 0 Å². The summed E-state index contributed by atoms with van der Waals surface area (Å²) in [6.45, 7) is 0.818. The van der Waals surface area contributed by atoms with E-state index in [1.54, 1.807) is 6.20 Å². The molecule has 1 aromatic heterocycles. The summed E-state index contributed by atoms with van der Waals surface area (Å²) in [5.74, 6) is 1.44. The summed E-state index contributed by atoms with van der Waals surface area (Å²) < 4.78 is 5.47. The van der Waals surface area contributed by atoms with Crippen molar-refractivity contribution in [2.45, 2.75) is 18.7 Å². The Morgan fingerprint density at radius 3 is 3.33 bits per heavy atom. The van der Waals surface area contributed by atoms with Gasteiger partial charge in [-0.3, -0.25) is 4.98 Å². The van der Waals surface area contributed by atoms with Crippen LogP contribution in [0.15, 0.2) is 12.3 Å². The van der Waals surface area contributed by atoms with E-state index in [0.717, 1.165) is 30.9 Å². The number of alkyl halides is 1. The van der Waals surface area contributed by atoms with E-state index in [0.29, 0.717) is 5.88 Å². The SMILES string of the molecule is ClCc1nccc2c1CCCO2. The van der Waals surface area contributed by atoms with Gasteiger partial charge in [-0.05, 0) is 18.9 Å². The van der Waals surface area contributed by atoms with Gasteiger partial charge < -0.3 is 4.74 Å². The Hall–Kier alpha value is -0.760. The van der Waals surface area contributed by atoms with Crippen LogP contribution in [-0.4, -0.2) is 11.6 Å². The third kappa shape index (κ3) is 1.27. The summed E-state index contributed by atoms with van der Waals surface area (Å²) in [5.41, 5.74) is 2.16. The number of pyridine rings is 1. The van der Waals surface area contributed by atoms with Gasteiger partial charge in [0, 0.05) is 11.8 Å². The Labute approximate surface area is 76.5 Å². The molecule has 1 aliphatic heterocycles. The second-order valence-corrected chi connectivity index (χ2v) is 3.09. The highest BCUT2D eigenvalue weighted by Crippen LogP contribution is 2.26. The number of hydrogen-bond donors (Lipinski definition) is 0. The van der Waals surface area contributed by atoms with E-state index in [9.17, 15) is 0 Å². The fourth-order valence-electron chi connectivity index (χ4n) is 1.46. The van der Waals surface area contributed by atoms with Gasteiger partial charge in [0.25, 0.3) is 0 Å². The van der Waals surface area contributed by atoms with Crippen molar-refractivity contribution < 1.29 is 4.74 Å². The molecule has 0 N–H and O–H groups in total. The fraction of sp³-hybridized carbons (Fsp3) is 0.444. The third-order valence-corrected chi connectivity index (χ3v) is 2.31. The Morgan fingerprint density at radius 2 is 2.50 bits per heavy atom. The van der Waals surface area contributed by atoms with E-state index in [2.05, 4.69) is 4.98 Å². The first-order valence-corrected chi connectivity index (χ1v) is 4.61. The summed E-state index contributed by atoms with van der Waals surface area (Å²) in [6, 6.07) is 1.91. The van der Waals surface area contributed by atoms with E-state index < -0.39 is 0 Å². The molecule has 0 aromatic carbocycles. The van der Waals surface area contributed by atoms with Gasteiger partial charge in [0.1, 0.15) is 5.75 Å². The number of hydrogen-bond acceptors (Lipinski definition) is 2. The van der Waals surface area contributed by atoms with Crippen LogP contribution in [0.25, 0.3) is 0 Å². The monoisotopic (exact) mass is 183 g/mol. The molecule has 0 spiro atoms. The molecular weight excluding hydrogens is 174 g/mol. The molecule has 0 unspecified atom stereocenters. The average Bonchev–Trinajstić information content (AvgIpc) is 2.17. The van der Waals surface area contributed by atoms with Gasteiger partial charge in [-0.25, -0.2) is 0 Å². The van der Waals surface area contributed by atoms with E-state index in [-0.39, 0.29) is 0 Å². The molecule has 64 valence electrons. The lowest BCUT2D eigenvalue weighted by molar-refractivity contribution is 0.287. The highest BCUT2D eigenvalue weighted by atomic mass is 35.5. The van der Waals surface area contributed by atoms with Crippen molar-refractivity contribution in [3.05, 3.63) is 23.5 Å². The van der Waals surface area contributed by atoms with E-state index in [1.165, 1.54) is 5.56 Å². The molecule has 0 amide bonds. The van der Waals surface area contributed by atoms with Crippen molar-refractivity contribution in [2.24, 2.45) is 0 Å². The smallest absolute Gasteiger partial charge is 0.125 e. The molecule has 0 atom stereocenters. The molecule has 0 aliphatic carbocycles. The first-order valence-electron chi connectivity index (χ1n) is 4.07. The maximum absolute atomic E-state index is 5.75. The summed E-state index contributed by atoms with van der Waals surface area (Å²) in [7, 11) is 0. The highest BCUT2D eigenvalue weighted by molar-refractivity contribution is 6.17. The first kappa shape index (κ1) is 7.87. The Kier molecular flexibility index (Phi) is 2.17. The molecule has 0 bridgehead atoms. The van der Waals surface area contributed by atoms with Gasteiger partial charge in [-0.2, -0.15) is 0 Å². The van der Waals surface area contributed by atoms with Crippen LogP contribution < -0.4 is 4.74 Å². The van der Waals surface area contributed by atoms with Crippen LogP contribution in [-0.2, 0) is 12.3 Å². The van der Waals surface area contributed by atoms with E-state index >= 15 is 0 Å². The van der Waals surface area contributed by atoms with Crippen molar-refractivity contribution in [3.8, 4) is 5.75 Å². The zero-order valence-electron chi connectivity index (χ0n) is 6.72. The maximum atomic E-state index is 5.75. The summed E-state index contributed by atoms with van der Waals surface area (Å²) in [5, 5.41) is 0. The Bertz CT molecular complexity index is 274. The Balaban J connectivity index is 2.44. The van der Waals surface area contributed by atoms with Gasteiger partial charge in [0.2, 0.25) is 0 Å². The topological polar surface area (TPSA) is 22.1 Å². The molecule has 1 aliphatic rings. The minimum absolute atomic E-state index is 0.479. The molecule has 0 radical (unpaired) electrons. The normalized spacial score (nSPS) is 15.1. The number of halogens is 1. The summed E-state index contributed by atoms with van der Waals surface area (Å²) >= 11 is 5.75. The minimum atomic E-state index is 0.479. The minimum Gasteiger partial charge on any atom is -0.493 e. The lowest BCUT2D eigenvalue weighted by Gasteiger charge is -2.18. The van der Waals surface area contributed by atoms with Crippen LogP contribution in [0.4, 0.5) is 0 Å². The molecule has 0 saturated heterocycles. The average molecular weight is 184 g/mol. The molecule has 0 fully saturated rings. The lowest BCUT2D eigenvalue weighted by Crippen LogP contribution is -2.10. The zero-order chi connectivity index (χ0) is 8.39. The van der Waals surface area contributed by atoms with Crippen LogP contribution in [0.5, 0.6) is 5.75 Å². The standard InChI is InChI=1S/C9H10ClNO/c10-6-8-7-2-1-5-12-9(7)3-4-11-8/h3-4H,1-2,5-6H2. The molecule has 3 heteroatoms. The third-order valence-electron chi connectivity index (χ3n) is 2.06. The van der Waals surface area contributed by atoms with Gasteiger partial charge >= 0.3 is 0 Å². The van der Waals surface area contributed by atoms with Crippen LogP contribution in [0, 0.1) is 0 Å². The van der Waals surface area contributed by atoms with Crippen molar-refractivity contribution in [1.29, 1.82) is 0 Å². The van der Waals surface area contributed by atoms with Gasteiger partial charge in [-0.1, -0.05) is 0 Å². The number of ether oxygens (including phenoxy) is 1. The van der Waals surface area contributed by atoms with Crippen molar-refractivity contribution >= 4 is 11.6 Å². The van der Waals surface area contributed by atoms with Gasteiger partial charge in [-0.15, -0.1) is 11.6 Å². The molecule has 2 rings (SSSR count). The first-order chi connectivity index (χ1) is 5.92. The molecule has 12 heavy (non-hydrogen) atoms. The largest absolute Gasteiger partial charge is 0.493 e. The van der Waals surface area contributed by atoms with Crippen LogP contribution in [0.3, 0.4) is 0 Å². The maximum Gasteiger partial charge on any atom is 0.125 e. The van der Waals surface area contributed by atoms with Crippen molar-refractivity contribution in [2.75, 3.05) is 6.61 Å². The molecule has 2 nitrogen and oxygen atoms in total. The Morgan fingerprint density at radius 1 is 1.58 bits per heavy atom. The second-order valence-electron chi connectivity index (χ2n) is 2.82. The zero-order valence-corrected chi connectivity index (χ0v) is 7.47. The van der Waals surface area contributed by atoms with Gasteiger partial charge in [0.05, 0.1) is 18.2 Å². The molecular formula is C9H10ClNO. The number of aromatic nitrogens is 1. The predicted octanol–water partition coefficient (Wildman–Crippen LogP) is 2.15. The summed E-state index contributed by atoms with van der Waals surface area (Å²) in [6.07, 6.45) is 3.87. The quantitative estimate of drug-likeness (QED) is 0.623. The van der Waals surface area contributed by atoms with Crippen LogP contribution in [0.2, 0.25) is 0 Å². The molecule has 0 saturated carbocycles. The highest BCUT2D eigenvalue weighted by Gasteiger charge is 2.13. The number of nitrogens with zero attached hydrogens (tertiary/aromatic N) is 1. The summed E-state index contributed by atoms with van der Waals surface area (Å²) in [4.78, 5) is 4.20. The predicted molar refractivity (Wildman–Crippen MR) is 47.6 cm³/mol. The second kappa shape index (κ2) is 3.31. The van der Waals surface area contributed by atoms with Crippen molar-refractivity contribution in [3.63, 3.8) is 0 Å². The number of fused-ring (bicyclic) bond motifs is 1. The van der Waals surface area contributed by atoms with Crippen LogP contribution >= 0.6 is 11.6 Å². The lowest BCUT2D eigenvalue weighted by atomic mass is 10.1. The molecule has 1 aromatic rings. The molecule has 2 heterocycles. The number of rotatable bonds is 1. The van der Waals surface area contributed by atoms with E-state index in [1.807, 2.05) is 6.07 Å². The van der Waals surface area contributed by atoms with E-state index in [4.69, 9.17) is 16.3 Å².